The molecule has 2 rings (SSSR count). The van der Waals surface area contributed by atoms with E-state index in [4.69, 9.17) is 10.4 Å². The number of rotatable bonds is 5. The summed E-state index contributed by atoms with van der Waals surface area (Å²) in [4.78, 5) is -0.247. The number of halogens is 6. The minimum atomic E-state index is -4.76. The zero-order valence-corrected chi connectivity index (χ0v) is 14.9. The van der Waals surface area contributed by atoms with Gasteiger partial charge in [0.25, 0.3) is 0 Å². The van der Waals surface area contributed by atoms with Crippen LogP contribution in [0.4, 0.5) is 37.7 Å². The fraction of sp³-hybridized carbons (Fsp3) is 0.143. The molecule has 28 heavy (non-hydrogen) atoms. The van der Waals surface area contributed by atoms with E-state index in [9.17, 15) is 36.8 Å². The van der Waals surface area contributed by atoms with E-state index in [1.807, 2.05) is 0 Å². The summed E-state index contributed by atoms with van der Waals surface area (Å²) in [6.07, 6.45) is -9.52. The summed E-state index contributed by atoms with van der Waals surface area (Å²) < 4.78 is 76.4. The SMILES string of the molecule is [O-][NH+](O)c1cc(C(F)(F)F)ccc1SSc1ccc(C(F)(F)F)cc1[NH+]([O-])O. The van der Waals surface area contributed by atoms with Gasteiger partial charge in [0.2, 0.25) is 0 Å². The topological polar surface area (TPSA) is 95.5 Å². The first-order chi connectivity index (χ1) is 12.8. The van der Waals surface area contributed by atoms with Gasteiger partial charge in [-0.3, -0.25) is 0 Å². The highest BCUT2D eigenvalue weighted by Gasteiger charge is 2.33. The molecule has 2 aromatic rings. The average Bonchev–Trinajstić information content (AvgIpc) is 2.57. The molecular weight excluding hydrogens is 438 g/mol. The highest BCUT2D eigenvalue weighted by atomic mass is 33.1. The van der Waals surface area contributed by atoms with Crippen LogP contribution in [-0.4, -0.2) is 10.4 Å². The van der Waals surface area contributed by atoms with E-state index in [2.05, 4.69) is 0 Å². The van der Waals surface area contributed by atoms with E-state index >= 15 is 0 Å². The molecule has 6 nitrogen and oxygen atoms in total. The molecule has 0 aliphatic heterocycles. The maximum atomic E-state index is 12.7. The number of hydrogen-bond acceptors (Lipinski definition) is 6. The van der Waals surface area contributed by atoms with E-state index in [0.29, 0.717) is 45.9 Å². The third-order valence-electron chi connectivity index (χ3n) is 3.30. The number of benzene rings is 2. The first-order valence-electron chi connectivity index (χ1n) is 7.04. The standard InChI is InChI=1S/C14H10F6N2O4S2/c15-13(16,17)7-1-3-11(9(5-7)21(23)24)27-28-12-4-2-8(14(18,19)20)6-10(12)22(25)26/h1-6,21-23,25H. The second kappa shape index (κ2) is 8.46. The Morgan fingerprint density at radius 1 is 0.679 bits per heavy atom. The lowest BCUT2D eigenvalue weighted by Gasteiger charge is -2.19. The Morgan fingerprint density at radius 2 is 1.00 bits per heavy atom. The minimum Gasteiger partial charge on any atom is -0.595 e. The van der Waals surface area contributed by atoms with Crippen molar-refractivity contribution in [3.63, 3.8) is 0 Å². The molecular formula is C14H10F6N2O4S2. The summed E-state index contributed by atoms with van der Waals surface area (Å²) in [7, 11) is 1.23. The molecule has 0 saturated heterocycles. The molecule has 2 unspecified atom stereocenters. The first kappa shape index (κ1) is 22.8. The smallest absolute Gasteiger partial charge is 0.416 e. The molecule has 0 aromatic heterocycles. The molecule has 0 bridgehead atoms. The van der Waals surface area contributed by atoms with E-state index in [1.54, 1.807) is 0 Å². The third kappa shape index (κ3) is 5.51. The van der Waals surface area contributed by atoms with Gasteiger partial charge in [0.15, 0.2) is 11.4 Å². The van der Waals surface area contributed by atoms with Gasteiger partial charge in [-0.2, -0.15) is 36.8 Å². The Balaban J connectivity index is 2.33. The summed E-state index contributed by atoms with van der Waals surface area (Å²) in [6.45, 7) is 0. The zero-order valence-electron chi connectivity index (χ0n) is 13.3. The largest absolute Gasteiger partial charge is 0.595 e. The normalized spacial score (nSPS) is 14.8. The van der Waals surface area contributed by atoms with Crippen molar-refractivity contribution in [2.75, 3.05) is 0 Å². The summed E-state index contributed by atoms with van der Waals surface area (Å²) in [5.74, 6) is 0. The van der Waals surface area contributed by atoms with Gasteiger partial charge < -0.3 is 10.4 Å². The van der Waals surface area contributed by atoms with E-state index in [-0.39, 0.29) is 9.79 Å². The van der Waals surface area contributed by atoms with Gasteiger partial charge in [-0.15, -0.1) is 0 Å². The number of alkyl halides is 6. The number of hydrogen-bond donors (Lipinski definition) is 4. The molecule has 14 heteroatoms. The van der Waals surface area contributed by atoms with Gasteiger partial charge in [0, 0.05) is 12.1 Å². The highest BCUT2D eigenvalue weighted by Crippen LogP contribution is 2.44. The predicted molar refractivity (Wildman–Crippen MR) is 86.2 cm³/mol. The fourth-order valence-corrected chi connectivity index (χ4v) is 4.29. The molecule has 4 N–H and O–H groups in total. The van der Waals surface area contributed by atoms with Crippen molar-refractivity contribution in [3.8, 4) is 0 Å². The Morgan fingerprint density at radius 3 is 1.25 bits per heavy atom. The first-order valence-corrected chi connectivity index (χ1v) is 9.19. The maximum absolute atomic E-state index is 12.7. The van der Waals surface area contributed by atoms with Gasteiger partial charge in [-0.05, 0) is 45.9 Å². The Hall–Kier alpha value is -1.52. The van der Waals surface area contributed by atoms with Crippen molar-refractivity contribution in [3.05, 3.63) is 57.9 Å². The zero-order chi connectivity index (χ0) is 21.3. The number of quaternary nitrogens is 2. The fourth-order valence-electron chi connectivity index (χ4n) is 1.98. The molecule has 0 fully saturated rings. The van der Waals surface area contributed by atoms with Crippen LogP contribution >= 0.6 is 21.6 Å². The lowest BCUT2D eigenvalue weighted by molar-refractivity contribution is -0.992. The molecule has 0 aliphatic rings. The van der Waals surface area contributed by atoms with Crippen LogP contribution in [0.1, 0.15) is 11.1 Å². The van der Waals surface area contributed by atoms with Gasteiger partial charge in [-0.25, -0.2) is 10.4 Å². The maximum Gasteiger partial charge on any atom is 0.416 e. The van der Waals surface area contributed by atoms with Crippen LogP contribution in [0.25, 0.3) is 0 Å². The summed E-state index contributed by atoms with van der Waals surface area (Å²) in [6, 6.07) is 3.95. The van der Waals surface area contributed by atoms with Crippen molar-refractivity contribution in [2.45, 2.75) is 22.1 Å². The Bertz CT molecular complexity index is 776. The van der Waals surface area contributed by atoms with Crippen molar-refractivity contribution in [1.29, 1.82) is 0 Å². The quantitative estimate of drug-likeness (QED) is 0.319. The van der Waals surface area contributed by atoms with Crippen LogP contribution in [0.15, 0.2) is 46.2 Å². The Labute approximate surface area is 160 Å². The van der Waals surface area contributed by atoms with Gasteiger partial charge in [0.05, 0.1) is 20.9 Å². The van der Waals surface area contributed by atoms with Gasteiger partial charge in [0.1, 0.15) is 0 Å². The van der Waals surface area contributed by atoms with Crippen LogP contribution < -0.4 is 10.5 Å². The van der Waals surface area contributed by atoms with Crippen LogP contribution in [0.5, 0.6) is 0 Å². The highest BCUT2D eigenvalue weighted by molar-refractivity contribution is 8.76. The molecule has 2 atom stereocenters. The molecule has 0 saturated carbocycles. The van der Waals surface area contributed by atoms with Crippen molar-refractivity contribution in [1.82, 2.24) is 0 Å². The monoisotopic (exact) mass is 448 g/mol. The van der Waals surface area contributed by atoms with Crippen LogP contribution in [-0.2, 0) is 12.4 Å². The predicted octanol–water partition coefficient (Wildman–Crippen LogP) is 3.33. The summed E-state index contributed by atoms with van der Waals surface area (Å²) in [5.41, 5.74) is -3.70. The second-order valence-corrected chi connectivity index (χ2v) is 7.41. The van der Waals surface area contributed by atoms with E-state index in [1.165, 1.54) is 0 Å². The lowest BCUT2D eigenvalue weighted by atomic mass is 10.2. The average molecular weight is 448 g/mol. The van der Waals surface area contributed by atoms with Crippen LogP contribution in [0.3, 0.4) is 0 Å². The van der Waals surface area contributed by atoms with Crippen LogP contribution in [0.2, 0.25) is 0 Å². The second-order valence-electron chi connectivity index (χ2n) is 5.19. The van der Waals surface area contributed by atoms with E-state index < -0.39 is 45.3 Å². The molecule has 0 heterocycles. The molecule has 0 aliphatic carbocycles. The lowest BCUT2D eigenvalue weighted by Crippen LogP contribution is -2.99. The molecule has 2 aromatic carbocycles. The Kier molecular flexibility index (Phi) is 6.88. The van der Waals surface area contributed by atoms with Gasteiger partial charge >= 0.3 is 12.4 Å². The van der Waals surface area contributed by atoms with Crippen LogP contribution in [0, 0.1) is 10.4 Å². The molecule has 0 radical (unpaired) electrons. The van der Waals surface area contributed by atoms with Crippen molar-refractivity contribution in [2.24, 2.45) is 0 Å². The van der Waals surface area contributed by atoms with Crippen molar-refractivity contribution < 1.29 is 47.2 Å². The molecule has 0 spiro atoms. The summed E-state index contributed by atoms with van der Waals surface area (Å²) in [5, 5.41) is 37.4. The van der Waals surface area contributed by atoms with Gasteiger partial charge in [-0.1, -0.05) is 0 Å². The summed E-state index contributed by atoms with van der Waals surface area (Å²) >= 11 is 0. The minimum absolute atomic E-state index is 0.123. The molecule has 154 valence electrons. The molecule has 0 amide bonds. The third-order valence-corrected chi connectivity index (χ3v) is 5.78. The van der Waals surface area contributed by atoms with Crippen molar-refractivity contribution >= 4 is 33.0 Å². The van der Waals surface area contributed by atoms with E-state index in [0.717, 1.165) is 12.1 Å². The number of nitrogens with one attached hydrogen (secondary N) is 2.